The maximum absolute atomic E-state index is 13.1. The predicted molar refractivity (Wildman–Crippen MR) is 62.0 cm³/mol. The van der Waals surface area contributed by atoms with Gasteiger partial charge in [-0.25, -0.2) is 19.2 Å². The Balaban J connectivity index is 2.02. The van der Waals surface area contributed by atoms with E-state index in [2.05, 4.69) is 9.97 Å². The predicted octanol–water partition coefficient (Wildman–Crippen LogP) is 1.55. The van der Waals surface area contributed by atoms with Crippen molar-refractivity contribution in [2.24, 2.45) is 0 Å². The topological polar surface area (TPSA) is 78.1 Å². The first-order chi connectivity index (χ1) is 8.66. The number of carbonyl (C=O) groups is 1. The van der Waals surface area contributed by atoms with Crippen molar-refractivity contribution >= 4 is 11.7 Å². The summed E-state index contributed by atoms with van der Waals surface area (Å²) >= 11 is 0. The molecule has 0 saturated carbocycles. The molecule has 0 unspecified atom stereocenters. The van der Waals surface area contributed by atoms with E-state index in [0.717, 1.165) is 6.07 Å². The van der Waals surface area contributed by atoms with Gasteiger partial charge in [0.25, 0.3) is 0 Å². The second-order valence-electron chi connectivity index (χ2n) is 3.48. The molecule has 0 radical (unpaired) electrons. The van der Waals surface area contributed by atoms with E-state index in [1.807, 2.05) is 0 Å². The van der Waals surface area contributed by atoms with Gasteiger partial charge in [0, 0.05) is 12.4 Å². The fourth-order valence-corrected chi connectivity index (χ4v) is 1.27. The van der Waals surface area contributed by atoms with Gasteiger partial charge < -0.3 is 10.5 Å². The van der Waals surface area contributed by atoms with Crippen molar-refractivity contribution in [3.63, 3.8) is 0 Å². The third-order valence-corrected chi connectivity index (χ3v) is 2.19. The second-order valence-corrected chi connectivity index (χ2v) is 3.48. The number of hydrogen-bond donors (Lipinski definition) is 1. The van der Waals surface area contributed by atoms with Crippen LogP contribution in [0.4, 0.5) is 10.1 Å². The number of anilines is 1. The summed E-state index contributed by atoms with van der Waals surface area (Å²) in [4.78, 5) is 19.4. The summed E-state index contributed by atoms with van der Waals surface area (Å²) in [6, 6.07) is 5.39. The summed E-state index contributed by atoms with van der Waals surface area (Å²) in [6.07, 6.45) is 3.08. The fraction of sp³-hybridized carbons (Fsp3) is 0.0833. The number of rotatable bonds is 3. The van der Waals surface area contributed by atoms with E-state index in [9.17, 15) is 9.18 Å². The highest BCUT2D eigenvalue weighted by atomic mass is 19.1. The van der Waals surface area contributed by atoms with Crippen molar-refractivity contribution in [1.82, 2.24) is 9.97 Å². The van der Waals surface area contributed by atoms with E-state index in [-0.39, 0.29) is 17.9 Å². The lowest BCUT2D eigenvalue weighted by atomic mass is 10.2. The van der Waals surface area contributed by atoms with Gasteiger partial charge in [-0.1, -0.05) is 0 Å². The van der Waals surface area contributed by atoms with E-state index in [1.54, 1.807) is 18.5 Å². The van der Waals surface area contributed by atoms with Crippen LogP contribution in [0.2, 0.25) is 0 Å². The molecule has 0 spiro atoms. The lowest BCUT2D eigenvalue weighted by Gasteiger charge is -2.04. The van der Waals surface area contributed by atoms with Crippen LogP contribution in [0.5, 0.6) is 0 Å². The molecule has 1 aromatic heterocycles. The zero-order chi connectivity index (χ0) is 13.0. The van der Waals surface area contributed by atoms with Crippen LogP contribution in [0.1, 0.15) is 16.2 Å². The number of hydrogen-bond acceptors (Lipinski definition) is 5. The van der Waals surface area contributed by atoms with Crippen LogP contribution in [-0.2, 0) is 11.3 Å². The van der Waals surface area contributed by atoms with Crippen LogP contribution in [0, 0.1) is 5.82 Å². The molecule has 2 N–H and O–H groups in total. The number of nitrogen functional groups attached to an aromatic ring is 1. The maximum Gasteiger partial charge on any atom is 0.338 e. The summed E-state index contributed by atoms with van der Waals surface area (Å²) in [5.74, 6) is -0.927. The van der Waals surface area contributed by atoms with Crippen LogP contribution in [-0.4, -0.2) is 15.9 Å². The van der Waals surface area contributed by atoms with Gasteiger partial charge in [0.05, 0.1) is 11.3 Å². The molecule has 5 nitrogen and oxygen atoms in total. The molecule has 2 rings (SSSR count). The molecular weight excluding hydrogens is 237 g/mol. The zero-order valence-electron chi connectivity index (χ0n) is 9.34. The summed E-state index contributed by atoms with van der Waals surface area (Å²) in [7, 11) is 0. The lowest BCUT2D eigenvalue weighted by Crippen LogP contribution is -2.08. The molecule has 2 aromatic rings. The first kappa shape index (κ1) is 12.0. The van der Waals surface area contributed by atoms with E-state index in [4.69, 9.17) is 10.5 Å². The average molecular weight is 247 g/mol. The van der Waals surface area contributed by atoms with Gasteiger partial charge in [-0.3, -0.25) is 0 Å². The lowest BCUT2D eigenvalue weighted by molar-refractivity contribution is 0.0461. The van der Waals surface area contributed by atoms with Crippen LogP contribution >= 0.6 is 0 Å². The number of carbonyl (C=O) groups excluding carboxylic acids is 1. The molecular formula is C12H10FN3O2. The minimum atomic E-state index is -0.652. The van der Waals surface area contributed by atoms with E-state index in [1.165, 1.54) is 12.1 Å². The molecule has 0 saturated heterocycles. The number of esters is 1. The standard InChI is InChI=1S/C12H10FN3O2/c13-9-6-8(2-3-10(9)14)12(17)18-7-11-15-4-1-5-16-11/h1-6H,7,14H2. The second kappa shape index (κ2) is 5.22. The molecule has 0 fully saturated rings. The number of halogens is 1. The monoisotopic (exact) mass is 247 g/mol. The average Bonchev–Trinajstić information content (AvgIpc) is 2.40. The van der Waals surface area contributed by atoms with Crippen LogP contribution in [0.3, 0.4) is 0 Å². The highest BCUT2D eigenvalue weighted by Gasteiger charge is 2.10. The Labute approximate surface area is 102 Å². The van der Waals surface area contributed by atoms with E-state index in [0.29, 0.717) is 5.82 Å². The SMILES string of the molecule is Nc1ccc(C(=O)OCc2ncccn2)cc1F. The molecule has 6 heteroatoms. The van der Waals surface area contributed by atoms with Gasteiger partial charge >= 0.3 is 5.97 Å². The Morgan fingerprint density at radius 2 is 2.06 bits per heavy atom. The normalized spacial score (nSPS) is 10.1. The molecule has 92 valence electrons. The molecule has 1 heterocycles. The van der Waals surface area contributed by atoms with Crippen molar-refractivity contribution < 1.29 is 13.9 Å². The minimum absolute atomic E-state index is 0.0158. The Morgan fingerprint density at radius 1 is 1.33 bits per heavy atom. The molecule has 0 atom stereocenters. The Morgan fingerprint density at radius 3 is 2.72 bits per heavy atom. The summed E-state index contributed by atoms with van der Waals surface area (Å²) < 4.78 is 18.1. The first-order valence-corrected chi connectivity index (χ1v) is 5.15. The Bertz CT molecular complexity index is 561. The zero-order valence-corrected chi connectivity index (χ0v) is 9.34. The summed E-state index contributed by atoms with van der Waals surface area (Å²) in [6.45, 7) is -0.0638. The van der Waals surface area contributed by atoms with Crippen molar-refractivity contribution in [2.45, 2.75) is 6.61 Å². The third-order valence-electron chi connectivity index (χ3n) is 2.19. The van der Waals surface area contributed by atoms with Gasteiger partial charge in [-0.2, -0.15) is 0 Å². The van der Waals surface area contributed by atoms with Gasteiger partial charge in [-0.05, 0) is 24.3 Å². The third kappa shape index (κ3) is 2.79. The van der Waals surface area contributed by atoms with Crippen molar-refractivity contribution in [1.29, 1.82) is 0 Å². The van der Waals surface area contributed by atoms with Crippen molar-refractivity contribution in [2.75, 3.05) is 5.73 Å². The Hall–Kier alpha value is -2.50. The van der Waals surface area contributed by atoms with Crippen LogP contribution < -0.4 is 5.73 Å². The fourth-order valence-electron chi connectivity index (χ4n) is 1.27. The molecule has 0 bridgehead atoms. The van der Waals surface area contributed by atoms with Crippen LogP contribution in [0.15, 0.2) is 36.7 Å². The van der Waals surface area contributed by atoms with Gasteiger partial charge in [0.1, 0.15) is 5.82 Å². The Kier molecular flexibility index (Phi) is 3.47. The van der Waals surface area contributed by atoms with E-state index < -0.39 is 11.8 Å². The molecule has 18 heavy (non-hydrogen) atoms. The van der Waals surface area contributed by atoms with Gasteiger partial charge in [0.2, 0.25) is 0 Å². The number of aromatic nitrogens is 2. The number of nitrogens with zero attached hydrogens (tertiary/aromatic N) is 2. The molecule has 0 amide bonds. The van der Waals surface area contributed by atoms with Gasteiger partial charge in [0.15, 0.2) is 12.4 Å². The minimum Gasteiger partial charge on any atom is -0.454 e. The summed E-state index contributed by atoms with van der Waals surface area (Å²) in [5, 5.41) is 0. The highest BCUT2D eigenvalue weighted by Crippen LogP contribution is 2.13. The summed E-state index contributed by atoms with van der Waals surface area (Å²) in [5.41, 5.74) is 5.39. The van der Waals surface area contributed by atoms with Crippen molar-refractivity contribution in [3.8, 4) is 0 Å². The largest absolute Gasteiger partial charge is 0.454 e. The van der Waals surface area contributed by atoms with Crippen molar-refractivity contribution in [3.05, 3.63) is 53.9 Å². The van der Waals surface area contributed by atoms with Gasteiger partial charge in [-0.15, -0.1) is 0 Å². The quantitative estimate of drug-likeness (QED) is 0.657. The van der Waals surface area contributed by atoms with Crippen LogP contribution in [0.25, 0.3) is 0 Å². The number of ether oxygens (including phenoxy) is 1. The maximum atomic E-state index is 13.1. The van der Waals surface area contributed by atoms with E-state index >= 15 is 0 Å². The highest BCUT2D eigenvalue weighted by molar-refractivity contribution is 5.89. The molecule has 0 aliphatic carbocycles. The number of nitrogens with two attached hydrogens (primary N) is 1. The smallest absolute Gasteiger partial charge is 0.338 e. The number of benzene rings is 1. The molecule has 1 aromatic carbocycles. The molecule has 0 aliphatic heterocycles. The molecule has 0 aliphatic rings. The first-order valence-electron chi connectivity index (χ1n) is 5.15.